The standard InChI is InChI=1S/C16H18Cl2OSi/c1-19-15-11-9-14(10-12-15)6-5-13-20(17,18)16-7-3-2-4-8-16/h2-4,7-12H,5-6,13H2,1H3. The average Bonchev–Trinajstić information content (AvgIpc) is 2.49. The number of aryl methyl sites for hydroxylation is 1. The molecule has 0 saturated carbocycles. The first-order valence-electron chi connectivity index (χ1n) is 6.68. The highest BCUT2D eigenvalue weighted by atomic mass is 35.7. The van der Waals surface area contributed by atoms with Crippen molar-refractivity contribution in [2.24, 2.45) is 0 Å². The molecule has 0 N–H and O–H groups in total. The zero-order chi connectivity index (χ0) is 14.4. The molecule has 2 aromatic rings. The lowest BCUT2D eigenvalue weighted by Gasteiger charge is -2.16. The van der Waals surface area contributed by atoms with Crippen molar-refractivity contribution in [1.82, 2.24) is 0 Å². The van der Waals surface area contributed by atoms with E-state index in [1.54, 1.807) is 7.11 Å². The summed E-state index contributed by atoms with van der Waals surface area (Å²) in [6.45, 7) is -2.33. The van der Waals surface area contributed by atoms with Crippen LogP contribution in [0.1, 0.15) is 12.0 Å². The molecule has 0 aromatic heterocycles. The molecule has 0 bridgehead atoms. The lowest BCUT2D eigenvalue weighted by Crippen LogP contribution is -2.36. The topological polar surface area (TPSA) is 9.23 Å². The highest BCUT2D eigenvalue weighted by Gasteiger charge is 2.29. The number of rotatable bonds is 6. The van der Waals surface area contributed by atoms with E-state index in [-0.39, 0.29) is 0 Å². The zero-order valence-corrected chi connectivity index (χ0v) is 14.0. The van der Waals surface area contributed by atoms with Gasteiger partial charge in [-0.3, -0.25) is 0 Å². The van der Waals surface area contributed by atoms with Gasteiger partial charge in [-0.1, -0.05) is 42.5 Å². The van der Waals surface area contributed by atoms with Crippen molar-refractivity contribution < 1.29 is 4.74 Å². The number of halogens is 2. The molecule has 20 heavy (non-hydrogen) atoms. The van der Waals surface area contributed by atoms with Crippen LogP contribution in [-0.2, 0) is 6.42 Å². The third kappa shape index (κ3) is 4.27. The minimum absolute atomic E-state index is 0.867. The summed E-state index contributed by atoms with van der Waals surface area (Å²) in [5.74, 6) is 0.886. The SMILES string of the molecule is COc1ccc(CCC[Si](Cl)(Cl)c2ccccc2)cc1. The van der Waals surface area contributed by atoms with Crippen LogP contribution >= 0.6 is 22.2 Å². The molecule has 0 unspecified atom stereocenters. The Balaban J connectivity index is 1.88. The third-order valence-electron chi connectivity index (χ3n) is 3.31. The summed E-state index contributed by atoms with van der Waals surface area (Å²) in [6.07, 6.45) is 1.99. The van der Waals surface area contributed by atoms with Crippen molar-refractivity contribution in [2.45, 2.75) is 18.9 Å². The lowest BCUT2D eigenvalue weighted by atomic mass is 10.1. The molecule has 0 aliphatic carbocycles. The first-order valence-corrected chi connectivity index (χ1v) is 10.9. The van der Waals surface area contributed by atoms with Gasteiger partial charge in [-0.05, 0) is 41.8 Å². The summed E-state index contributed by atoms with van der Waals surface area (Å²) < 4.78 is 5.15. The Morgan fingerprint density at radius 1 is 0.950 bits per heavy atom. The fourth-order valence-electron chi connectivity index (χ4n) is 2.13. The van der Waals surface area contributed by atoms with Crippen LogP contribution in [0.3, 0.4) is 0 Å². The molecule has 0 aliphatic rings. The van der Waals surface area contributed by atoms with Gasteiger partial charge in [0.1, 0.15) is 5.75 Å². The maximum atomic E-state index is 6.56. The smallest absolute Gasteiger partial charge is 0.280 e. The molecule has 2 rings (SSSR count). The zero-order valence-electron chi connectivity index (χ0n) is 11.5. The van der Waals surface area contributed by atoms with Gasteiger partial charge in [0.15, 0.2) is 0 Å². The minimum atomic E-state index is -2.33. The van der Waals surface area contributed by atoms with Crippen LogP contribution in [0.25, 0.3) is 0 Å². The van der Waals surface area contributed by atoms with E-state index < -0.39 is 6.69 Å². The van der Waals surface area contributed by atoms with Crippen LogP contribution in [0.4, 0.5) is 0 Å². The number of ether oxygens (including phenoxy) is 1. The number of methoxy groups -OCH3 is 1. The van der Waals surface area contributed by atoms with Crippen LogP contribution in [0.15, 0.2) is 54.6 Å². The first-order chi connectivity index (χ1) is 9.62. The first kappa shape index (κ1) is 15.4. The molecule has 0 fully saturated rings. The second kappa shape index (κ2) is 7.16. The van der Waals surface area contributed by atoms with Crippen molar-refractivity contribution in [3.63, 3.8) is 0 Å². The molecule has 0 radical (unpaired) electrons. The minimum Gasteiger partial charge on any atom is -0.497 e. The van der Waals surface area contributed by atoms with Crippen LogP contribution in [0, 0.1) is 0 Å². The Bertz CT molecular complexity index is 526. The van der Waals surface area contributed by atoms with Gasteiger partial charge >= 0.3 is 0 Å². The number of hydrogen-bond donors (Lipinski definition) is 0. The summed E-state index contributed by atoms with van der Waals surface area (Å²) in [5, 5.41) is 1.10. The molecule has 0 aliphatic heterocycles. The molecule has 1 nitrogen and oxygen atoms in total. The second-order valence-corrected chi connectivity index (χ2v) is 11.7. The Kier molecular flexibility index (Phi) is 5.52. The van der Waals surface area contributed by atoms with Crippen molar-refractivity contribution in [2.75, 3.05) is 7.11 Å². The van der Waals surface area contributed by atoms with Crippen LogP contribution in [0.5, 0.6) is 5.75 Å². The van der Waals surface area contributed by atoms with E-state index in [0.29, 0.717) is 0 Å². The fourth-order valence-corrected chi connectivity index (χ4v) is 5.28. The third-order valence-corrected chi connectivity index (χ3v) is 7.91. The molecule has 2 aromatic carbocycles. The van der Waals surface area contributed by atoms with E-state index in [1.165, 1.54) is 5.56 Å². The maximum Gasteiger partial charge on any atom is 0.280 e. The van der Waals surface area contributed by atoms with Crippen LogP contribution in [0.2, 0.25) is 6.04 Å². The van der Waals surface area contributed by atoms with Gasteiger partial charge in [0.2, 0.25) is 0 Å². The van der Waals surface area contributed by atoms with Crippen molar-refractivity contribution in [3.05, 3.63) is 60.2 Å². The van der Waals surface area contributed by atoms with E-state index in [1.807, 2.05) is 42.5 Å². The highest BCUT2D eigenvalue weighted by Crippen LogP contribution is 2.23. The van der Waals surface area contributed by atoms with Crippen LogP contribution < -0.4 is 9.92 Å². The van der Waals surface area contributed by atoms with Gasteiger partial charge in [0.25, 0.3) is 6.69 Å². The number of benzene rings is 2. The summed E-state index contributed by atoms with van der Waals surface area (Å²) in [6, 6.07) is 19.0. The van der Waals surface area contributed by atoms with Gasteiger partial charge in [0, 0.05) is 0 Å². The van der Waals surface area contributed by atoms with Gasteiger partial charge < -0.3 is 4.74 Å². The van der Waals surface area contributed by atoms with Gasteiger partial charge in [-0.2, -0.15) is 0 Å². The predicted molar refractivity (Wildman–Crippen MR) is 89.7 cm³/mol. The van der Waals surface area contributed by atoms with Gasteiger partial charge in [-0.25, -0.2) is 0 Å². The molecule has 0 saturated heterocycles. The monoisotopic (exact) mass is 324 g/mol. The molecule has 0 spiro atoms. The summed E-state index contributed by atoms with van der Waals surface area (Å²) in [5.41, 5.74) is 1.29. The molecule has 4 heteroatoms. The van der Waals surface area contributed by atoms with E-state index >= 15 is 0 Å². The molecule has 0 amide bonds. The quantitative estimate of drug-likeness (QED) is 0.563. The summed E-state index contributed by atoms with van der Waals surface area (Å²) in [4.78, 5) is 0. The molecule has 106 valence electrons. The fraction of sp³-hybridized carbons (Fsp3) is 0.250. The number of hydrogen-bond acceptors (Lipinski definition) is 1. The van der Waals surface area contributed by atoms with Crippen molar-refractivity contribution >= 4 is 34.0 Å². The van der Waals surface area contributed by atoms with Gasteiger partial charge in [-0.15, -0.1) is 22.2 Å². The Morgan fingerprint density at radius 2 is 1.60 bits per heavy atom. The molecular weight excluding hydrogens is 307 g/mol. The van der Waals surface area contributed by atoms with E-state index in [0.717, 1.165) is 29.8 Å². The normalized spacial score (nSPS) is 11.3. The largest absolute Gasteiger partial charge is 0.497 e. The van der Waals surface area contributed by atoms with Crippen molar-refractivity contribution in [1.29, 1.82) is 0 Å². The van der Waals surface area contributed by atoms with Gasteiger partial charge in [0.05, 0.1) is 7.11 Å². The lowest BCUT2D eigenvalue weighted by molar-refractivity contribution is 0.414. The Labute approximate surface area is 130 Å². The van der Waals surface area contributed by atoms with E-state index in [4.69, 9.17) is 26.9 Å². The average molecular weight is 325 g/mol. The molecular formula is C16H18Cl2OSi. The summed E-state index contributed by atoms with van der Waals surface area (Å²) in [7, 11) is 1.68. The Hall–Kier alpha value is -0.963. The van der Waals surface area contributed by atoms with E-state index in [9.17, 15) is 0 Å². The highest BCUT2D eigenvalue weighted by molar-refractivity contribution is 7.50. The predicted octanol–water partition coefficient (Wildman–Crippen LogP) is 4.45. The van der Waals surface area contributed by atoms with E-state index in [2.05, 4.69) is 12.1 Å². The molecule has 0 heterocycles. The van der Waals surface area contributed by atoms with Crippen LogP contribution in [-0.4, -0.2) is 13.8 Å². The molecule has 0 atom stereocenters. The maximum absolute atomic E-state index is 6.56. The summed E-state index contributed by atoms with van der Waals surface area (Å²) >= 11 is 13.1. The Morgan fingerprint density at radius 3 is 2.20 bits per heavy atom. The van der Waals surface area contributed by atoms with Crippen molar-refractivity contribution in [3.8, 4) is 5.75 Å². The second-order valence-electron chi connectivity index (χ2n) is 4.77.